The number of benzene rings is 2. The fourth-order valence-corrected chi connectivity index (χ4v) is 2.62. The van der Waals surface area contributed by atoms with Crippen LogP contribution in [0.15, 0.2) is 35.9 Å². The van der Waals surface area contributed by atoms with Crippen LogP contribution in [0, 0.1) is 27.3 Å². The molecule has 0 aliphatic carbocycles. The first kappa shape index (κ1) is 23.9. The Balaban J connectivity index is 2.44. The van der Waals surface area contributed by atoms with Crippen molar-refractivity contribution in [3.8, 4) is 17.6 Å². The largest absolute Gasteiger partial charge is 0.506 e. The summed E-state index contributed by atoms with van der Waals surface area (Å²) in [4.78, 5) is 23.0. The van der Waals surface area contributed by atoms with Crippen molar-refractivity contribution >= 4 is 17.4 Å². The molecular formula is C19H13F4N3O6. The van der Waals surface area contributed by atoms with Crippen LogP contribution in [0.4, 0.5) is 23.2 Å². The zero-order valence-electron chi connectivity index (χ0n) is 16.0. The van der Waals surface area contributed by atoms with Crippen LogP contribution in [0.3, 0.4) is 0 Å². The highest BCUT2D eigenvalue weighted by Gasteiger charge is 2.31. The van der Waals surface area contributed by atoms with Crippen molar-refractivity contribution in [2.45, 2.75) is 12.7 Å². The third kappa shape index (κ3) is 4.86. The molecule has 2 aromatic rings. The second-order valence-electron chi connectivity index (χ2n) is 6.42. The lowest BCUT2D eigenvalue weighted by atomic mass is 10.1. The van der Waals surface area contributed by atoms with E-state index in [2.05, 4.69) is 0 Å². The van der Waals surface area contributed by atoms with E-state index in [1.165, 1.54) is 6.07 Å². The summed E-state index contributed by atoms with van der Waals surface area (Å²) in [6.07, 6.45) is -4.77. The van der Waals surface area contributed by atoms with Gasteiger partial charge in [-0.05, 0) is 24.3 Å². The molecule has 2 rings (SSSR count). The number of halogens is 4. The number of aliphatic hydroxyl groups excluding tert-OH is 1. The van der Waals surface area contributed by atoms with Crippen LogP contribution in [0.5, 0.6) is 11.5 Å². The number of phenolic OH excluding ortho intramolecular Hbond substituents is 2. The van der Waals surface area contributed by atoms with E-state index >= 15 is 0 Å². The highest BCUT2D eigenvalue weighted by atomic mass is 19.4. The van der Waals surface area contributed by atoms with E-state index in [4.69, 9.17) is 0 Å². The van der Waals surface area contributed by atoms with Crippen molar-refractivity contribution in [2.24, 2.45) is 0 Å². The monoisotopic (exact) mass is 455 g/mol. The van der Waals surface area contributed by atoms with Gasteiger partial charge in [-0.3, -0.25) is 14.9 Å². The Hall–Kier alpha value is -4.34. The molecule has 0 atom stereocenters. The Morgan fingerprint density at radius 2 is 1.88 bits per heavy atom. The summed E-state index contributed by atoms with van der Waals surface area (Å²) >= 11 is 0. The predicted molar refractivity (Wildman–Crippen MR) is 99.5 cm³/mol. The van der Waals surface area contributed by atoms with Crippen molar-refractivity contribution in [1.82, 2.24) is 4.90 Å². The number of rotatable bonds is 5. The topological polar surface area (TPSA) is 148 Å². The maximum atomic E-state index is 13.9. The summed E-state index contributed by atoms with van der Waals surface area (Å²) < 4.78 is 52.5. The van der Waals surface area contributed by atoms with Gasteiger partial charge in [0.05, 0.1) is 10.5 Å². The van der Waals surface area contributed by atoms with E-state index in [0.29, 0.717) is 35.2 Å². The van der Waals surface area contributed by atoms with Crippen LogP contribution in [-0.2, 0) is 17.5 Å². The SMILES string of the molecule is CN(Cc1cc(C(F)(F)F)ccc1F)C(=O)/C(C#N)=C(\O)c1cc(O)c(O)c([N+](=O)[O-])c1. The number of nitriles is 1. The van der Waals surface area contributed by atoms with Gasteiger partial charge in [0.25, 0.3) is 5.91 Å². The van der Waals surface area contributed by atoms with E-state index < -0.39 is 74.6 Å². The third-order valence-corrected chi connectivity index (χ3v) is 4.23. The van der Waals surface area contributed by atoms with E-state index in [9.17, 15) is 53.1 Å². The Bertz CT molecular complexity index is 1170. The summed E-state index contributed by atoms with van der Waals surface area (Å²) in [5.74, 6) is -5.56. The molecule has 3 N–H and O–H groups in total. The highest BCUT2D eigenvalue weighted by molar-refractivity contribution is 6.03. The standard InChI is InChI=1S/C19H13F4N3O6/c1-25(8-10-4-11(19(21,22)23)2-3-13(10)20)18(30)12(7-24)16(28)9-5-14(26(31)32)17(29)15(27)6-9/h2-6,27-29H,8H2,1H3/b16-12-. The molecule has 0 unspecified atom stereocenters. The first-order valence-electron chi connectivity index (χ1n) is 8.43. The molecule has 0 radical (unpaired) electrons. The number of nitro groups is 1. The summed E-state index contributed by atoms with van der Waals surface area (Å²) in [5.41, 5.74) is -4.30. The van der Waals surface area contributed by atoms with Crippen LogP contribution in [0.2, 0.25) is 0 Å². The molecule has 0 spiro atoms. The van der Waals surface area contributed by atoms with Gasteiger partial charge in [-0.2, -0.15) is 18.4 Å². The number of hydrogen-bond donors (Lipinski definition) is 3. The van der Waals surface area contributed by atoms with Crippen LogP contribution >= 0.6 is 0 Å². The highest BCUT2D eigenvalue weighted by Crippen LogP contribution is 2.38. The summed E-state index contributed by atoms with van der Waals surface area (Å²) in [5, 5.41) is 49.6. The molecule has 0 saturated heterocycles. The first-order chi connectivity index (χ1) is 14.8. The number of phenols is 2. The van der Waals surface area contributed by atoms with Gasteiger partial charge in [0.15, 0.2) is 11.3 Å². The van der Waals surface area contributed by atoms with E-state index in [1.807, 2.05) is 0 Å². The lowest BCUT2D eigenvalue weighted by Gasteiger charge is -2.19. The summed E-state index contributed by atoms with van der Waals surface area (Å²) in [7, 11) is 1.02. The molecular weight excluding hydrogens is 442 g/mol. The fourth-order valence-electron chi connectivity index (χ4n) is 2.62. The first-order valence-corrected chi connectivity index (χ1v) is 8.43. The molecule has 0 heterocycles. The van der Waals surface area contributed by atoms with Crippen molar-refractivity contribution in [3.63, 3.8) is 0 Å². The minimum absolute atomic E-state index is 0.482. The molecule has 32 heavy (non-hydrogen) atoms. The second-order valence-corrected chi connectivity index (χ2v) is 6.42. The molecule has 0 aliphatic heterocycles. The van der Waals surface area contributed by atoms with Gasteiger partial charge in [0.2, 0.25) is 5.75 Å². The van der Waals surface area contributed by atoms with Gasteiger partial charge in [0.1, 0.15) is 17.6 Å². The van der Waals surface area contributed by atoms with Crippen LogP contribution < -0.4 is 0 Å². The molecule has 168 valence electrons. The van der Waals surface area contributed by atoms with Gasteiger partial charge in [0, 0.05) is 30.8 Å². The zero-order valence-corrected chi connectivity index (χ0v) is 16.0. The molecule has 0 bridgehead atoms. The number of alkyl halides is 3. The molecule has 0 aromatic heterocycles. The average Bonchev–Trinajstić information content (AvgIpc) is 2.70. The Labute approximate surface area is 176 Å². The summed E-state index contributed by atoms with van der Waals surface area (Å²) in [6.45, 7) is -0.714. The van der Waals surface area contributed by atoms with Gasteiger partial charge < -0.3 is 20.2 Å². The van der Waals surface area contributed by atoms with Crippen LogP contribution in [0.25, 0.3) is 5.76 Å². The number of amides is 1. The van der Waals surface area contributed by atoms with Crippen molar-refractivity contribution < 1.29 is 42.6 Å². The average molecular weight is 455 g/mol. The smallest absolute Gasteiger partial charge is 0.416 e. The zero-order chi connectivity index (χ0) is 24.4. The number of hydrogen-bond acceptors (Lipinski definition) is 7. The third-order valence-electron chi connectivity index (χ3n) is 4.23. The van der Waals surface area contributed by atoms with Gasteiger partial charge >= 0.3 is 11.9 Å². The maximum absolute atomic E-state index is 13.9. The molecule has 9 nitrogen and oxygen atoms in total. The van der Waals surface area contributed by atoms with Crippen molar-refractivity contribution in [2.75, 3.05) is 7.05 Å². The quantitative estimate of drug-likeness (QED) is 0.119. The predicted octanol–water partition coefficient (Wildman–Crippen LogP) is 3.62. The van der Waals surface area contributed by atoms with E-state index in [-0.39, 0.29) is 0 Å². The summed E-state index contributed by atoms with van der Waals surface area (Å²) in [6, 6.07) is 4.14. The van der Waals surface area contributed by atoms with E-state index in [1.54, 1.807) is 0 Å². The van der Waals surface area contributed by atoms with Crippen molar-refractivity contribution in [3.05, 3.63) is 68.5 Å². The normalized spacial score (nSPS) is 12.0. The number of carbonyl (C=O) groups excluding carboxylic acids is 1. The lowest BCUT2D eigenvalue weighted by Crippen LogP contribution is -2.28. The molecule has 13 heteroatoms. The van der Waals surface area contributed by atoms with Gasteiger partial charge in [-0.1, -0.05) is 0 Å². The Morgan fingerprint density at radius 1 is 1.25 bits per heavy atom. The van der Waals surface area contributed by atoms with Gasteiger partial charge in [-0.25, -0.2) is 4.39 Å². The fraction of sp³-hybridized carbons (Fsp3) is 0.158. The molecule has 0 saturated carbocycles. The second kappa shape index (κ2) is 8.80. The Kier molecular flexibility index (Phi) is 6.58. The lowest BCUT2D eigenvalue weighted by molar-refractivity contribution is -0.386. The van der Waals surface area contributed by atoms with Gasteiger partial charge in [-0.15, -0.1) is 0 Å². The molecule has 0 fully saturated rings. The number of carbonyl (C=O) groups is 1. The number of aliphatic hydroxyl groups is 1. The number of aromatic hydroxyl groups is 2. The van der Waals surface area contributed by atoms with Crippen LogP contribution in [0.1, 0.15) is 16.7 Å². The van der Waals surface area contributed by atoms with E-state index in [0.717, 1.165) is 7.05 Å². The minimum Gasteiger partial charge on any atom is -0.506 e. The Morgan fingerprint density at radius 3 is 2.41 bits per heavy atom. The molecule has 1 amide bonds. The number of nitro benzene ring substituents is 1. The maximum Gasteiger partial charge on any atom is 0.416 e. The number of likely N-dealkylation sites (N-methyl/N-ethyl adjacent to an activating group) is 1. The number of nitrogens with zero attached hydrogens (tertiary/aromatic N) is 3. The van der Waals surface area contributed by atoms with Crippen molar-refractivity contribution in [1.29, 1.82) is 5.26 Å². The molecule has 0 aliphatic rings. The minimum atomic E-state index is -4.77. The van der Waals surface area contributed by atoms with Crippen LogP contribution in [-0.4, -0.2) is 38.1 Å². The molecule has 2 aromatic carbocycles.